The van der Waals surface area contributed by atoms with Gasteiger partial charge in [0.1, 0.15) is 4.91 Å². The number of fused-ring (bicyclic) bond motifs is 1. The van der Waals surface area contributed by atoms with Crippen molar-refractivity contribution in [2.45, 2.75) is 31.9 Å². The van der Waals surface area contributed by atoms with Crippen molar-refractivity contribution in [1.82, 2.24) is 10.3 Å². The number of benzene rings is 1. The average Bonchev–Trinajstić information content (AvgIpc) is 3.35. The third-order valence-corrected chi connectivity index (χ3v) is 8.43. The molecule has 10 heteroatoms. The van der Waals surface area contributed by atoms with E-state index in [0.29, 0.717) is 30.3 Å². The van der Waals surface area contributed by atoms with Gasteiger partial charge in [0.05, 0.1) is 0 Å². The molecule has 0 spiro atoms. The van der Waals surface area contributed by atoms with Gasteiger partial charge in [0, 0.05) is 35.3 Å². The van der Waals surface area contributed by atoms with E-state index in [-0.39, 0.29) is 29.3 Å². The van der Waals surface area contributed by atoms with E-state index in [0.717, 1.165) is 21.9 Å². The van der Waals surface area contributed by atoms with E-state index in [1.165, 1.54) is 23.6 Å². The number of rotatable bonds is 5. The third kappa shape index (κ3) is 4.92. The van der Waals surface area contributed by atoms with Gasteiger partial charge in [0.25, 0.3) is 10.0 Å². The van der Waals surface area contributed by atoms with Crippen molar-refractivity contribution in [3.63, 3.8) is 0 Å². The molecule has 0 fully saturated rings. The van der Waals surface area contributed by atoms with Crippen LogP contribution in [-0.2, 0) is 10.0 Å². The molecule has 1 aromatic carbocycles. The minimum Gasteiger partial charge on any atom is -0.313 e. The molecule has 2 aliphatic carbocycles. The molecule has 5 nitrogen and oxygen atoms in total. The number of aromatic nitrogens is 1. The van der Waals surface area contributed by atoms with Crippen LogP contribution in [0.4, 0.5) is 18.3 Å². The summed E-state index contributed by atoms with van der Waals surface area (Å²) in [6.45, 7) is 1.32. The fourth-order valence-corrected chi connectivity index (χ4v) is 6.41. The largest absolute Gasteiger partial charge is 0.412 e. The number of thiazole rings is 1. The lowest BCUT2D eigenvalue weighted by Gasteiger charge is -2.26. The molecule has 2 N–H and O–H groups in total. The van der Waals surface area contributed by atoms with Crippen LogP contribution >= 0.6 is 11.3 Å². The molecule has 5 rings (SSSR count). The summed E-state index contributed by atoms with van der Waals surface area (Å²) >= 11 is 1.18. The Morgan fingerprint density at radius 1 is 1.14 bits per heavy atom. The van der Waals surface area contributed by atoms with Gasteiger partial charge in [0.2, 0.25) is 0 Å². The summed E-state index contributed by atoms with van der Waals surface area (Å²) in [5, 5.41) is 6.56. The first-order valence-corrected chi connectivity index (χ1v) is 13.5. The van der Waals surface area contributed by atoms with Gasteiger partial charge in [-0.25, -0.2) is 13.4 Å². The standard InChI is InChI=1S/C25H22F3N3O2S2/c26-25(27,28)18-4-6-22(23(15-18)16-8-10-29-11-9-16)21-3-1-2-17-14-19(5-7-20(17)21)35(32,33)31-24-30-12-13-34-24/h1-3,7-8,12-13,15,29H,4-6,9-11H2,(H,30,31). The number of alkyl halides is 3. The van der Waals surface area contributed by atoms with Crippen molar-refractivity contribution >= 4 is 43.9 Å². The van der Waals surface area contributed by atoms with Crippen molar-refractivity contribution in [1.29, 1.82) is 0 Å². The molecule has 1 aromatic heterocycles. The van der Waals surface area contributed by atoms with Gasteiger partial charge in [0.15, 0.2) is 5.13 Å². The summed E-state index contributed by atoms with van der Waals surface area (Å²) in [5.41, 5.74) is 5.72. The molecule has 0 atom stereocenters. The van der Waals surface area contributed by atoms with Gasteiger partial charge in [-0.3, -0.25) is 4.72 Å². The van der Waals surface area contributed by atoms with Crippen LogP contribution in [0.1, 0.15) is 31.2 Å². The molecule has 0 saturated heterocycles. The molecule has 2 heterocycles. The lowest BCUT2D eigenvalue weighted by molar-refractivity contribution is -0.0940. The van der Waals surface area contributed by atoms with Crippen molar-refractivity contribution in [2.24, 2.45) is 0 Å². The van der Waals surface area contributed by atoms with Crippen LogP contribution in [0.25, 0.3) is 17.4 Å². The van der Waals surface area contributed by atoms with E-state index in [1.807, 2.05) is 18.2 Å². The Labute approximate surface area is 204 Å². The maximum atomic E-state index is 13.6. The molecule has 35 heavy (non-hydrogen) atoms. The molecule has 2 aromatic rings. The summed E-state index contributed by atoms with van der Waals surface area (Å²) in [6.07, 6.45) is 3.17. The minimum absolute atomic E-state index is 0.0888. The Hall–Kier alpha value is -2.91. The van der Waals surface area contributed by atoms with Crippen molar-refractivity contribution in [3.8, 4) is 0 Å². The normalized spacial score (nSPS) is 18.5. The first kappa shape index (κ1) is 23.8. The van der Waals surface area contributed by atoms with Gasteiger partial charge >= 0.3 is 6.18 Å². The summed E-state index contributed by atoms with van der Waals surface area (Å²) in [6, 6.07) is 5.47. The number of hydrogen-bond donors (Lipinski definition) is 2. The highest BCUT2D eigenvalue weighted by atomic mass is 32.2. The van der Waals surface area contributed by atoms with Crippen LogP contribution in [0.5, 0.6) is 0 Å². The number of nitrogens with zero attached hydrogens (tertiary/aromatic N) is 1. The van der Waals surface area contributed by atoms with Crippen LogP contribution in [-0.4, -0.2) is 32.7 Å². The molecule has 0 amide bonds. The van der Waals surface area contributed by atoms with Crippen LogP contribution in [0, 0.1) is 0 Å². The van der Waals surface area contributed by atoms with Crippen LogP contribution in [0.3, 0.4) is 0 Å². The zero-order valence-corrected chi connectivity index (χ0v) is 20.2. The van der Waals surface area contributed by atoms with Gasteiger partial charge in [-0.2, -0.15) is 13.2 Å². The molecular formula is C25H22F3N3O2S2. The maximum Gasteiger partial charge on any atom is 0.412 e. The smallest absolute Gasteiger partial charge is 0.313 e. The van der Waals surface area contributed by atoms with Crippen molar-refractivity contribution < 1.29 is 21.6 Å². The van der Waals surface area contributed by atoms with E-state index >= 15 is 0 Å². The topological polar surface area (TPSA) is 71.1 Å². The van der Waals surface area contributed by atoms with Crippen molar-refractivity contribution in [2.75, 3.05) is 17.8 Å². The number of nitrogens with one attached hydrogen (secondary N) is 2. The lowest BCUT2D eigenvalue weighted by Crippen LogP contribution is -2.31. The second-order valence-electron chi connectivity index (χ2n) is 8.41. The third-order valence-electron chi connectivity index (χ3n) is 6.24. The monoisotopic (exact) mass is 517 g/mol. The summed E-state index contributed by atoms with van der Waals surface area (Å²) in [4.78, 5) is 4.06. The first-order chi connectivity index (χ1) is 16.7. The quantitative estimate of drug-likeness (QED) is 0.630. The molecule has 1 aliphatic heterocycles. The average molecular weight is 518 g/mol. The number of anilines is 1. The van der Waals surface area contributed by atoms with Gasteiger partial charge < -0.3 is 5.32 Å². The highest BCUT2D eigenvalue weighted by Gasteiger charge is 2.36. The number of allylic oxidation sites excluding steroid dienone is 5. The fourth-order valence-electron chi connectivity index (χ4n) is 4.57. The zero-order valence-electron chi connectivity index (χ0n) is 18.6. The molecule has 0 saturated carbocycles. The maximum absolute atomic E-state index is 13.6. The van der Waals surface area contributed by atoms with Gasteiger partial charge in [-0.15, -0.1) is 11.3 Å². The van der Waals surface area contributed by atoms with E-state index in [9.17, 15) is 21.6 Å². The number of hydrogen-bond acceptors (Lipinski definition) is 5. The SMILES string of the molecule is O=S(=O)(Nc1nccs1)C1=C=c2cccc(C3=C(C4=CCNCC4)C=C(C(F)(F)F)CC3)c2=CC1. The molecule has 182 valence electrons. The van der Waals surface area contributed by atoms with E-state index in [1.54, 1.807) is 17.5 Å². The Morgan fingerprint density at radius 3 is 2.71 bits per heavy atom. The molecule has 3 aliphatic rings. The number of halogens is 3. The second kappa shape index (κ2) is 9.28. The molecule has 0 bridgehead atoms. The summed E-state index contributed by atoms with van der Waals surface area (Å²) in [7, 11) is -3.83. The number of sulfonamides is 1. The predicted octanol–water partition coefficient (Wildman–Crippen LogP) is 3.99. The lowest BCUT2D eigenvalue weighted by atomic mass is 9.82. The predicted molar refractivity (Wildman–Crippen MR) is 132 cm³/mol. The molecule has 0 radical (unpaired) electrons. The molecule has 0 unspecified atom stereocenters. The Kier molecular flexibility index (Phi) is 6.31. The second-order valence-corrected chi connectivity index (χ2v) is 11.0. The zero-order chi connectivity index (χ0) is 24.6. The summed E-state index contributed by atoms with van der Waals surface area (Å²) < 4.78 is 68.8. The summed E-state index contributed by atoms with van der Waals surface area (Å²) in [5.74, 6) is 0. The highest BCUT2D eigenvalue weighted by Crippen LogP contribution is 2.41. The molecular weight excluding hydrogens is 495 g/mol. The Balaban J connectivity index is 1.66. The van der Waals surface area contributed by atoms with Crippen molar-refractivity contribution in [3.05, 3.63) is 79.6 Å². The van der Waals surface area contributed by atoms with Crippen LogP contribution < -0.4 is 20.5 Å². The van der Waals surface area contributed by atoms with Crippen LogP contribution in [0.2, 0.25) is 0 Å². The van der Waals surface area contributed by atoms with E-state index in [2.05, 4.69) is 20.8 Å². The van der Waals surface area contributed by atoms with Gasteiger partial charge in [-0.05, 0) is 65.5 Å². The van der Waals surface area contributed by atoms with E-state index < -0.39 is 21.8 Å². The highest BCUT2D eigenvalue weighted by molar-refractivity contribution is 7.96. The van der Waals surface area contributed by atoms with E-state index in [4.69, 9.17) is 0 Å². The minimum atomic E-state index is -4.36. The Bertz CT molecular complexity index is 1530. The first-order valence-electron chi connectivity index (χ1n) is 11.2. The van der Waals surface area contributed by atoms with Crippen LogP contribution in [0.15, 0.2) is 63.6 Å². The fraction of sp³-hybridized carbons (Fsp3) is 0.280. The van der Waals surface area contributed by atoms with Gasteiger partial charge in [-0.1, -0.05) is 30.0 Å². The Morgan fingerprint density at radius 2 is 2.00 bits per heavy atom.